The topological polar surface area (TPSA) is 169 Å². The highest BCUT2D eigenvalue weighted by molar-refractivity contribution is 5.92. The lowest BCUT2D eigenvalue weighted by atomic mass is 9.99. The zero-order chi connectivity index (χ0) is 23.3. The summed E-state index contributed by atoms with van der Waals surface area (Å²) in [6.45, 7) is 9.43. The molecule has 0 aromatic rings. The van der Waals surface area contributed by atoms with Gasteiger partial charge in [-0.05, 0) is 37.5 Å². The summed E-state index contributed by atoms with van der Waals surface area (Å²) in [6, 6.07) is -2.26. The molecule has 10 heteroatoms. The third-order valence-electron chi connectivity index (χ3n) is 4.20. The molecule has 0 fully saturated rings. The largest absolute Gasteiger partial charge is 0.370 e. The predicted molar refractivity (Wildman–Crippen MR) is 116 cm³/mol. The summed E-state index contributed by atoms with van der Waals surface area (Å²) in [6.07, 6.45) is 2.38. The third-order valence-corrected chi connectivity index (χ3v) is 4.20. The van der Waals surface area contributed by atoms with Crippen LogP contribution in [0.15, 0.2) is 4.99 Å². The summed E-state index contributed by atoms with van der Waals surface area (Å²) in [5.74, 6) is -0.909. The Morgan fingerprint density at radius 2 is 1.40 bits per heavy atom. The van der Waals surface area contributed by atoms with Crippen molar-refractivity contribution >= 4 is 30.0 Å². The van der Waals surface area contributed by atoms with Crippen molar-refractivity contribution in [3.05, 3.63) is 0 Å². The molecule has 0 unspecified atom stereocenters. The molecule has 0 aromatic heterocycles. The zero-order valence-electron chi connectivity index (χ0n) is 18.7. The maximum absolute atomic E-state index is 12.8. The molecule has 0 heterocycles. The first-order valence-electron chi connectivity index (χ1n) is 10.3. The van der Waals surface area contributed by atoms with E-state index in [0.717, 1.165) is 0 Å². The Morgan fingerprint density at radius 1 is 0.900 bits per heavy atom. The average Bonchev–Trinajstić information content (AvgIpc) is 2.61. The summed E-state index contributed by atoms with van der Waals surface area (Å²) in [7, 11) is 0. The highest BCUT2D eigenvalue weighted by Gasteiger charge is 2.28. The Balaban J connectivity index is 5.10. The predicted octanol–water partition coefficient (Wildman–Crippen LogP) is -0.195. The fraction of sp³-hybridized carbons (Fsp3) is 0.750. The molecule has 0 aliphatic carbocycles. The lowest BCUT2D eigenvalue weighted by Gasteiger charge is -2.25. The fourth-order valence-electron chi connectivity index (χ4n) is 2.90. The van der Waals surface area contributed by atoms with E-state index < -0.39 is 29.9 Å². The van der Waals surface area contributed by atoms with E-state index in [-0.39, 0.29) is 23.7 Å². The Kier molecular flexibility index (Phi) is 13.1. The second-order valence-corrected chi connectivity index (χ2v) is 8.27. The molecule has 0 radical (unpaired) electrons. The second kappa shape index (κ2) is 14.4. The van der Waals surface area contributed by atoms with Gasteiger partial charge in [0, 0.05) is 13.5 Å². The number of rotatable bonds is 14. The van der Waals surface area contributed by atoms with Gasteiger partial charge in [-0.2, -0.15) is 0 Å². The number of nitrogens with one attached hydrogen (secondary N) is 3. The molecule has 0 spiro atoms. The van der Waals surface area contributed by atoms with Gasteiger partial charge in [-0.25, -0.2) is 0 Å². The van der Waals surface area contributed by atoms with Crippen LogP contribution in [0.4, 0.5) is 0 Å². The highest BCUT2D eigenvalue weighted by atomic mass is 16.2. The van der Waals surface area contributed by atoms with Gasteiger partial charge in [-0.3, -0.25) is 19.4 Å². The van der Waals surface area contributed by atoms with Crippen LogP contribution in [0, 0.1) is 11.8 Å². The van der Waals surface area contributed by atoms with Crippen molar-refractivity contribution in [1.82, 2.24) is 16.0 Å². The molecule has 0 aliphatic rings. The standard InChI is InChI=1S/C20H38N6O4/c1-12(2)9-16(24-14(5)28)19(30)26-17(10-13(3)4)18(29)25-15(11-27)7-6-8-23-20(21)22/h11-13,15-17H,6-10H2,1-5H3,(H,24,28)(H,25,29)(H,26,30)(H4,21,22,23)/t15-,16-,17+/m1/s1. The van der Waals surface area contributed by atoms with E-state index in [9.17, 15) is 19.2 Å². The molecule has 0 aliphatic heterocycles. The fourth-order valence-corrected chi connectivity index (χ4v) is 2.90. The van der Waals surface area contributed by atoms with Crippen molar-refractivity contribution in [2.45, 2.75) is 78.4 Å². The summed E-state index contributed by atoms with van der Waals surface area (Å²) in [5, 5.41) is 8.03. The van der Waals surface area contributed by atoms with E-state index >= 15 is 0 Å². The van der Waals surface area contributed by atoms with Crippen LogP contribution < -0.4 is 27.4 Å². The minimum absolute atomic E-state index is 0.0310. The number of guanidine groups is 1. The van der Waals surface area contributed by atoms with E-state index in [4.69, 9.17) is 11.5 Å². The number of hydrogen-bond acceptors (Lipinski definition) is 5. The molecule has 3 amide bonds. The van der Waals surface area contributed by atoms with Gasteiger partial charge in [0.2, 0.25) is 17.7 Å². The lowest BCUT2D eigenvalue weighted by Crippen LogP contribution is -2.55. The van der Waals surface area contributed by atoms with Crippen LogP contribution >= 0.6 is 0 Å². The van der Waals surface area contributed by atoms with Crippen molar-refractivity contribution in [3.8, 4) is 0 Å². The Morgan fingerprint density at radius 3 is 1.83 bits per heavy atom. The third kappa shape index (κ3) is 12.7. The summed E-state index contributed by atoms with van der Waals surface area (Å²) in [4.78, 5) is 52.1. The van der Waals surface area contributed by atoms with Crippen LogP contribution in [0.25, 0.3) is 0 Å². The molecule has 0 aromatic carbocycles. The van der Waals surface area contributed by atoms with Gasteiger partial charge >= 0.3 is 0 Å². The number of hydrogen-bond donors (Lipinski definition) is 5. The summed E-state index contributed by atoms with van der Waals surface area (Å²) >= 11 is 0. The molecular weight excluding hydrogens is 388 g/mol. The first-order chi connectivity index (χ1) is 14.0. The maximum atomic E-state index is 12.8. The van der Waals surface area contributed by atoms with E-state index in [1.165, 1.54) is 6.92 Å². The Labute approximate surface area is 179 Å². The van der Waals surface area contributed by atoms with E-state index in [2.05, 4.69) is 20.9 Å². The normalized spacial score (nSPS) is 13.8. The van der Waals surface area contributed by atoms with Crippen molar-refractivity contribution < 1.29 is 19.2 Å². The van der Waals surface area contributed by atoms with Gasteiger partial charge in [0.05, 0.1) is 6.04 Å². The number of amides is 3. The second-order valence-electron chi connectivity index (χ2n) is 8.27. The van der Waals surface area contributed by atoms with Gasteiger partial charge < -0.3 is 32.2 Å². The maximum Gasteiger partial charge on any atom is 0.243 e. The van der Waals surface area contributed by atoms with Gasteiger partial charge in [0.15, 0.2) is 5.96 Å². The van der Waals surface area contributed by atoms with Crippen LogP contribution in [0.5, 0.6) is 0 Å². The number of aldehydes is 1. The van der Waals surface area contributed by atoms with Crippen molar-refractivity contribution in [2.24, 2.45) is 28.3 Å². The minimum atomic E-state index is -0.818. The number of nitrogens with zero attached hydrogens (tertiary/aromatic N) is 1. The average molecular weight is 427 g/mol. The van der Waals surface area contributed by atoms with E-state index in [1.807, 2.05) is 27.7 Å². The monoisotopic (exact) mass is 426 g/mol. The molecule has 0 saturated heterocycles. The molecule has 10 nitrogen and oxygen atoms in total. The van der Waals surface area contributed by atoms with Crippen LogP contribution in [0.3, 0.4) is 0 Å². The Hall–Kier alpha value is -2.65. The number of carbonyl (C=O) groups excluding carboxylic acids is 4. The summed E-state index contributed by atoms with van der Waals surface area (Å²) in [5.41, 5.74) is 10.5. The molecular formula is C20H38N6O4. The molecule has 172 valence electrons. The molecule has 30 heavy (non-hydrogen) atoms. The van der Waals surface area contributed by atoms with E-state index in [1.54, 1.807) is 0 Å². The van der Waals surface area contributed by atoms with Gasteiger partial charge in [-0.1, -0.05) is 27.7 Å². The van der Waals surface area contributed by atoms with Gasteiger partial charge in [0.1, 0.15) is 18.4 Å². The first kappa shape index (κ1) is 27.4. The SMILES string of the molecule is CC(=O)N[C@H](CC(C)C)C(=O)N[C@@H](CC(C)C)C(=O)N[C@@H](C=O)CCCN=C(N)N. The zero-order valence-corrected chi connectivity index (χ0v) is 18.7. The van der Waals surface area contributed by atoms with Crippen molar-refractivity contribution in [3.63, 3.8) is 0 Å². The number of carbonyl (C=O) groups is 4. The summed E-state index contributed by atoms with van der Waals surface area (Å²) < 4.78 is 0. The molecule has 0 rings (SSSR count). The lowest BCUT2D eigenvalue weighted by molar-refractivity contribution is -0.133. The molecule has 7 N–H and O–H groups in total. The highest BCUT2D eigenvalue weighted by Crippen LogP contribution is 2.09. The number of aliphatic imine (C=N–C) groups is 1. The smallest absolute Gasteiger partial charge is 0.243 e. The first-order valence-corrected chi connectivity index (χ1v) is 10.3. The quantitative estimate of drug-likeness (QED) is 0.112. The van der Waals surface area contributed by atoms with Crippen molar-refractivity contribution in [1.29, 1.82) is 0 Å². The number of nitrogens with two attached hydrogens (primary N) is 2. The molecule has 0 bridgehead atoms. The molecule has 3 atom stereocenters. The van der Waals surface area contributed by atoms with Crippen LogP contribution in [0.2, 0.25) is 0 Å². The van der Waals surface area contributed by atoms with Crippen molar-refractivity contribution in [2.75, 3.05) is 6.54 Å². The minimum Gasteiger partial charge on any atom is -0.370 e. The van der Waals surface area contributed by atoms with Crippen LogP contribution in [-0.4, -0.2) is 54.6 Å². The van der Waals surface area contributed by atoms with E-state index in [0.29, 0.717) is 38.5 Å². The van der Waals surface area contributed by atoms with Crippen LogP contribution in [0.1, 0.15) is 60.3 Å². The van der Waals surface area contributed by atoms with Gasteiger partial charge in [0.25, 0.3) is 0 Å². The van der Waals surface area contributed by atoms with Crippen LogP contribution in [-0.2, 0) is 19.2 Å². The Bertz CT molecular complexity index is 602. The van der Waals surface area contributed by atoms with Gasteiger partial charge in [-0.15, -0.1) is 0 Å². The molecule has 0 saturated carbocycles.